The molecule has 2 amide bonds. The van der Waals surface area contributed by atoms with Crippen molar-refractivity contribution in [2.24, 2.45) is 11.8 Å². The van der Waals surface area contributed by atoms with Gasteiger partial charge in [-0.1, -0.05) is 110 Å². The van der Waals surface area contributed by atoms with Crippen LogP contribution in [-0.2, 0) is 28.6 Å². The SMILES string of the molecule is COC1/C=C(C)/C=C/[C@@H](C)/C=C/C(=O)O[C@H](/C(C)=C/C=C(\C)CNC(=O)[C@H](CO)NC=O)[C@@H](C)/C=C/C=C/[C@@H](OC)CC/C=C(C)\C=C\C1. The zero-order valence-electron chi connectivity index (χ0n) is 30.6. The summed E-state index contributed by atoms with van der Waals surface area (Å²) in [4.78, 5) is 35.9. The van der Waals surface area contributed by atoms with Gasteiger partial charge in [0, 0.05) is 32.8 Å². The number of carbonyl (C=O) groups excluding carboxylic acids is 3. The number of methoxy groups -OCH3 is 2. The lowest BCUT2D eigenvalue weighted by atomic mass is 9.96. The van der Waals surface area contributed by atoms with E-state index in [9.17, 15) is 19.5 Å². The number of ether oxygens (including phenoxy) is 3. The summed E-state index contributed by atoms with van der Waals surface area (Å²) in [5, 5.41) is 14.3. The topological polar surface area (TPSA) is 123 Å². The van der Waals surface area contributed by atoms with Gasteiger partial charge < -0.3 is 30.0 Å². The monoisotopic (exact) mass is 678 g/mol. The number of esters is 1. The molecule has 0 aromatic rings. The van der Waals surface area contributed by atoms with E-state index in [0.717, 1.165) is 36.0 Å². The highest BCUT2D eigenvalue weighted by Gasteiger charge is 2.21. The summed E-state index contributed by atoms with van der Waals surface area (Å²) in [5.41, 5.74) is 3.90. The van der Waals surface area contributed by atoms with Crippen LogP contribution in [0, 0.1) is 11.8 Å². The van der Waals surface area contributed by atoms with Crippen LogP contribution in [0.5, 0.6) is 0 Å². The zero-order valence-corrected chi connectivity index (χ0v) is 30.6. The summed E-state index contributed by atoms with van der Waals surface area (Å²) in [5.74, 6) is -1.10. The standard InChI is InChI=1S/C40H58N2O7/c1-29-13-11-17-35(47-7)16-10-9-15-33(5)39(34(6)23-21-32(4)26-41-40(46)37(27-43)42-28-44)49-38(45)24-22-30(2)19-20-31(3)25-36(48-8)18-12-14-29/h9-10,12-16,19-25,28,30,33,35-37,39,43H,11,17-18,26-27H2,1-8H3,(H,41,46)(H,42,44)/b14-12+,15-9+,16-10+,20-19+,24-22+,29-13-,31-25+,32-21+,34-23+/t30-,33+,35-,36?,37+,39+/m1/s1. The molecule has 0 spiro atoms. The molecule has 0 aromatic heterocycles. The Bertz CT molecular complexity index is 1320. The molecule has 0 radical (unpaired) electrons. The van der Waals surface area contributed by atoms with Gasteiger partial charge in [-0.2, -0.15) is 0 Å². The fourth-order valence-corrected chi connectivity index (χ4v) is 4.78. The van der Waals surface area contributed by atoms with E-state index in [0.29, 0.717) is 6.41 Å². The van der Waals surface area contributed by atoms with Crippen LogP contribution >= 0.6 is 0 Å². The predicted octanol–water partition coefficient (Wildman–Crippen LogP) is 6.17. The van der Waals surface area contributed by atoms with Gasteiger partial charge in [-0.3, -0.25) is 9.59 Å². The summed E-state index contributed by atoms with van der Waals surface area (Å²) in [7, 11) is 3.41. The van der Waals surface area contributed by atoms with Gasteiger partial charge in [0.15, 0.2) is 0 Å². The van der Waals surface area contributed by atoms with Gasteiger partial charge in [-0.05, 0) is 58.4 Å². The highest BCUT2D eigenvalue weighted by molar-refractivity contribution is 5.84. The molecule has 9 heteroatoms. The lowest BCUT2D eigenvalue weighted by molar-refractivity contribution is -0.142. The molecular formula is C40H58N2O7. The van der Waals surface area contributed by atoms with Gasteiger partial charge in [-0.15, -0.1) is 0 Å². The van der Waals surface area contributed by atoms with Crippen molar-refractivity contribution in [3.8, 4) is 0 Å². The highest BCUT2D eigenvalue weighted by atomic mass is 16.5. The van der Waals surface area contributed by atoms with Crippen molar-refractivity contribution in [2.75, 3.05) is 27.4 Å². The summed E-state index contributed by atoms with van der Waals surface area (Å²) < 4.78 is 17.3. The van der Waals surface area contributed by atoms with E-state index in [4.69, 9.17) is 14.2 Å². The summed E-state index contributed by atoms with van der Waals surface area (Å²) >= 11 is 0. The van der Waals surface area contributed by atoms with E-state index in [-0.39, 0.29) is 30.6 Å². The van der Waals surface area contributed by atoms with Crippen molar-refractivity contribution in [2.45, 2.75) is 85.2 Å². The molecule has 9 nitrogen and oxygen atoms in total. The second-order valence-electron chi connectivity index (χ2n) is 12.3. The number of aliphatic hydroxyl groups excluding tert-OH is 1. The third-order valence-electron chi connectivity index (χ3n) is 7.88. The van der Waals surface area contributed by atoms with Crippen LogP contribution in [0.4, 0.5) is 0 Å². The van der Waals surface area contributed by atoms with Gasteiger partial charge >= 0.3 is 5.97 Å². The van der Waals surface area contributed by atoms with Crippen LogP contribution in [-0.4, -0.2) is 75.1 Å². The molecule has 1 unspecified atom stereocenters. The van der Waals surface area contributed by atoms with Gasteiger partial charge in [0.05, 0.1) is 18.8 Å². The van der Waals surface area contributed by atoms with Crippen molar-refractivity contribution in [1.29, 1.82) is 0 Å². The van der Waals surface area contributed by atoms with E-state index in [1.165, 1.54) is 11.6 Å². The molecular weight excluding hydrogens is 620 g/mol. The van der Waals surface area contributed by atoms with Crippen molar-refractivity contribution in [3.05, 3.63) is 107 Å². The van der Waals surface area contributed by atoms with E-state index in [2.05, 4.69) is 41.9 Å². The minimum Gasteiger partial charge on any atom is -0.454 e. The Morgan fingerprint density at radius 1 is 1.00 bits per heavy atom. The largest absolute Gasteiger partial charge is 0.454 e. The van der Waals surface area contributed by atoms with Crippen molar-refractivity contribution >= 4 is 18.3 Å². The Balaban J connectivity index is 3.31. The molecule has 0 saturated heterocycles. The summed E-state index contributed by atoms with van der Waals surface area (Å²) in [6.45, 7) is 11.6. The molecule has 0 saturated carbocycles. The maximum Gasteiger partial charge on any atom is 0.331 e. The maximum absolute atomic E-state index is 13.0. The molecule has 1 rings (SSSR count). The third-order valence-corrected chi connectivity index (χ3v) is 7.88. The Labute approximate surface area is 293 Å². The minimum atomic E-state index is -1.01. The molecule has 0 fully saturated rings. The Morgan fingerprint density at radius 3 is 2.37 bits per heavy atom. The fraction of sp³-hybridized carbons (Fsp3) is 0.475. The number of amides is 2. The number of allylic oxidation sites excluding steroid dienone is 11. The molecule has 0 aliphatic carbocycles. The molecule has 6 atom stereocenters. The van der Waals surface area contributed by atoms with Gasteiger partial charge in [0.25, 0.3) is 0 Å². The first kappa shape index (κ1) is 43.0. The second kappa shape index (κ2) is 25.0. The number of aliphatic hydroxyl groups is 1. The normalized spacial score (nSPS) is 30.1. The van der Waals surface area contributed by atoms with Crippen molar-refractivity contribution in [3.63, 3.8) is 0 Å². The van der Waals surface area contributed by atoms with Crippen LogP contribution in [0.1, 0.15) is 60.8 Å². The second-order valence-corrected chi connectivity index (χ2v) is 12.3. The first-order chi connectivity index (χ1) is 23.4. The van der Waals surface area contributed by atoms with Crippen molar-refractivity contribution < 1.29 is 33.7 Å². The van der Waals surface area contributed by atoms with Crippen LogP contribution in [0.2, 0.25) is 0 Å². The smallest absolute Gasteiger partial charge is 0.331 e. The number of rotatable bonds is 10. The van der Waals surface area contributed by atoms with Crippen LogP contribution in [0.3, 0.4) is 0 Å². The molecule has 3 N–H and O–H groups in total. The number of hydrogen-bond donors (Lipinski definition) is 3. The molecule has 0 bridgehead atoms. The first-order valence-electron chi connectivity index (χ1n) is 16.8. The zero-order chi connectivity index (χ0) is 36.6. The molecule has 49 heavy (non-hydrogen) atoms. The lowest BCUT2D eigenvalue weighted by Crippen LogP contribution is -2.46. The molecule has 1 heterocycles. The summed E-state index contributed by atoms with van der Waals surface area (Å²) in [6, 6.07) is -1.01. The fourth-order valence-electron chi connectivity index (χ4n) is 4.78. The Morgan fingerprint density at radius 2 is 1.69 bits per heavy atom. The van der Waals surface area contributed by atoms with E-state index in [1.54, 1.807) is 14.2 Å². The quantitative estimate of drug-likeness (QED) is 0.143. The predicted molar refractivity (Wildman–Crippen MR) is 197 cm³/mol. The molecule has 0 aromatic carbocycles. The van der Waals surface area contributed by atoms with Crippen LogP contribution in [0.25, 0.3) is 0 Å². The lowest BCUT2D eigenvalue weighted by Gasteiger charge is -2.22. The van der Waals surface area contributed by atoms with Gasteiger partial charge in [0.1, 0.15) is 12.1 Å². The molecule has 1 aliphatic heterocycles. The Kier molecular flexibility index (Phi) is 21.9. The third kappa shape index (κ3) is 18.9. The minimum absolute atomic E-state index is 0.00523. The average Bonchev–Trinajstić information content (AvgIpc) is 3.08. The van der Waals surface area contributed by atoms with E-state index < -0.39 is 30.6 Å². The van der Waals surface area contributed by atoms with Crippen LogP contribution in [0.15, 0.2) is 107 Å². The van der Waals surface area contributed by atoms with Crippen molar-refractivity contribution in [1.82, 2.24) is 10.6 Å². The number of cyclic esters (lactones) is 1. The van der Waals surface area contributed by atoms with E-state index >= 15 is 0 Å². The highest BCUT2D eigenvalue weighted by Crippen LogP contribution is 2.20. The Hall–Kier alpha value is -4.05. The summed E-state index contributed by atoms with van der Waals surface area (Å²) in [6.07, 6.45) is 29.7. The average molecular weight is 679 g/mol. The number of hydrogen-bond acceptors (Lipinski definition) is 7. The van der Waals surface area contributed by atoms with Gasteiger partial charge in [0.2, 0.25) is 12.3 Å². The molecule has 270 valence electrons. The first-order valence-corrected chi connectivity index (χ1v) is 16.8. The number of carbonyl (C=O) groups is 3. The maximum atomic E-state index is 13.0. The van der Waals surface area contributed by atoms with E-state index in [1.807, 2.05) is 89.3 Å². The molecule has 1 aliphatic rings. The van der Waals surface area contributed by atoms with Gasteiger partial charge in [-0.25, -0.2) is 4.79 Å². The van der Waals surface area contributed by atoms with Crippen LogP contribution < -0.4 is 10.6 Å². The number of nitrogens with one attached hydrogen (secondary N) is 2.